The molecule has 4 heavy (non-hydrogen) atoms. The monoisotopic (exact) mass is 119 g/mol. The summed E-state index contributed by atoms with van der Waals surface area (Å²) in [6.45, 7) is 0. The summed E-state index contributed by atoms with van der Waals surface area (Å²) in [5.74, 6) is 0. The predicted molar refractivity (Wildman–Crippen MR) is 12.1 cm³/mol. The predicted octanol–water partition coefficient (Wildman–Crippen LogP) is -0.432. The van der Waals surface area contributed by atoms with Gasteiger partial charge in [-0.1, -0.05) is 5.04 Å². The minimum atomic E-state index is 0. The summed E-state index contributed by atoms with van der Waals surface area (Å²) < 4.78 is 0. The van der Waals surface area contributed by atoms with Crippen LogP contribution in [0.3, 0.4) is 0 Å². The van der Waals surface area contributed by atoms with E-state index in [9.17, 15) is 0 Å². The van der Waals surface area contributed by atoms with Crippen LogP contribution in [0.4, 0.5) is 0 Å². The molecule has 0 atom stereocenters. The van der Waals surface area contributed by atoms with E-state index in [0.29, 0.717) is 0 Å². The molecule has 0 aromatic heterocycles. The van der Waals surface area contributed by atoms with Crippen molar-refractivity contribution in [3.05, 3.63) is 0 Å². The molecule has 0 aliphatic heterocycles. The quantitative estimate of drug-likeness (QED) is 0.259. The second kappa shape index (κ2) is 9.68. The molecule has 0 amide bonds. The van der Waals surface area contributed by atoms with Crippen LogP contribution in [0.1, 0.15) is 0 Å². The van der Waals surface area contributed by atoms with Gasteiger partial charge >= 0.3 is 0 Å². The molecule has 0 aliphatic carbocycles. The first-order valence-electron chi connectivity index (χ1n) is 0.365. The topological polar surface area (TPSA) is 49.7 Å². The molecule has 0 spiro atoms. The van der Waals surface area contributed by atoms with Gasteiger partial charge in [0, 0.05) is 19.8 Å². The van der Waals surface area contributed by atoms with E-state index in [1.807, 2.05) is 0 Å². The van der Waals surface area contributed by atoms with E-state index in [2.05, 4.69) is 5.04 Å². The van der Waals surface area contributed by atoms with E-state index in [1.165, 1.54) is 0 Å². The molecular formula is H2GaO3. The van der Waals surface area contributed by atoms with Crippen LogP contribution in [-0.2, 0) is 5.04 Å². The van der Waals surface area contributed by atoms with Gasteiger partial charge < -0.3 is 0 Å². The van der Waals surface area contributed by atoms with Gasteiger partial charge in [0.2, 0.25) is 0 Å². The summed E-state index contributed by atoms with van der Waals surface area (Å²) >= 11 is 0. The normalized spacial score (nSPS) is 4.50. The van der Waals surface area contributed by atoms with Crippen LogP contribution in [-0.4, -0.2) is 30.3 Å². The van der Waals surface area contributed by atoms with E-state index < -0.39 is 0 Å². The maximum atomic E-state index is 6.62. The molecule has 0 aromatic carbocycles. The van der Waals surface area contributed by atoms with E-state index in [0.717, 1.165) is 0 Å². The van der Waals surface area contributed by atoms with Crippen molar-refractivity contribution in [1.29, 1.82) is 0 Å². The first-order chi connectivity index (χ1) is 1.41. The molecule has 2 N–H and O–H groups in total. The van der Waals surface area contributed by atoms with Crippen LogP contribution in [0.2, 0.25) is 0 Å². The Bertz CT molecular complexity index is 3.25. The zero-order valence-electron chi connectivity index (χ0n) is 1.88. The Hall–Kier alpha value is 0.516. The van der Waals surface area contributed by atoms with Crippen LogP contribution in [0.5, 0.6) is 0 Å². The van der Waals surface area contributed by atoms with Crippen molar-refractivity contribution in [1.82, 2.24) is 0 Å². The van der Waals surface area contributed by atoms with E-state index >= 15 is 0 Å². The summed E-state index contributed by atoms with van der Waals surface area (Å²) in [6.07, 6.45) is 0. The van der Waals surface area contributed by atoms with Gasteiger partial charge in [0.1, 0.15) is 0 Å². The molecule has 0 bridgehead atoms. The fourth-order valence-corrected chi connectivity index (χ4v) is 0. The molecule has 0 rings (SSSR count). The molecule has 3 nitrogen and oxygen atoms in total. The van der Waals surface area contributed by atoms with Gasteiger partial charge in [-0.15, -0.1) is 0 Å². The largest absolute Gasteiger partial charge is 0.221 e. The van der Waals surface area contributed by atoms with Crippen molar-refractivity contribution < 1.29 is 15.6 Å². The average Bonchev–Trinajstić information content (AvgIpc) is 0.918. The van der Waals surface area contributed by atoms with Gasteiger partial charge in [-0.2, -0.15) is 0 Å². The van der Waals surface area contributed by atoms with Crippen molar-refractivity contribution >= 4 is 19.8 Å². The summed E-state index contributed by atoms with van der Waals surface area (Å²) in [5.41, 5.74) is 0. The Kier molecular flexibility index (Phi) is 21.4. The third kappa shape index (κ3) is 21.7. The van der Waals surface area contributed by atoms with Gasteiger partial charge in [0.05, 0.1) is 0 Å². The van der Waals surface area contributed by atoms with Crippen LogP contribution >= 0.6 is 0 Å². The van der Waals surface area contributed by atoms with E-state index in [-0.39, 0.29) is 19.8 Å². The second-order valence-corrected chi connectivity index (χ2v) is 0.0816. The van der Waals surface area contributed by atoms with E-state index in [1.54, 1.807) is 0 Å². The smallest absolute Gasteiger partial charge is 0 e. The Morgan fingerprint density at radius 3 is 1.25 bits per heavy atom. The molecule has 0 saturated heterocycles. The zero-order valence-corrected chi connectivity index (χ0v) is 4.30. The zero-order chi connectivity index (χ0) is 2.71. The van der Waals surface area contributed by atoms with Gasteiger partial charge in [-0.05, 0) is 0 Å². The van der Waals surface area contributed by atoms with Gasteiger partial charge in [0.25, 0.3) is 0 Å². The fourth-order valence-electron chi connectivity index (χ4n) is 0. The van der Waals surface area contributed by atoms with Gasteiger partial charge in [-0.3, -0.25) is 0 Å². The summed E-state index contributed by atoms with van der Waals surface area (Å²) in [5, 5.41) is 15.5. The van der Waals surface area contributed by atoms with Crippen molar-refractivity contribution in [2.24, 2.45) is 0 Å². The standard InChI is InChI=1S/Ga.H2O3/c;1-3-2/h;1-2H. The van der Waals surface area contributed by atoms with Crippen LogP contribution in [0.15, 0.2) is 0 Å². The second-order valence-electron chi connectivity index (χ2n) is 0.0816. The first kappa shape index (κ1) is 8.82. The Balaban J connectivity index is 0. The minimum absolute atomic E-state index is 0. The van der Waals surface area contributed by atoms with E-state index in [4.69, 9.17) is 10.5 Å². The summed E-state index contributed by atoms with van der Waals surface area (Å²) in [6, 6.07) is 0. The van der Waals surface area contributed by atoms with Crippen LogP contribution in [0.25, 0.3) is 0 Å². The third-order valence-electron chi connectivity index (χ3n) is 0. The molecule has 0 unspecified atom stereocenters. The Labute approximate surface area is 36.1 Å². The molecule has 0 fully saturated rings. The third-order valence-corrected chi connectivity index (χ3v) is 0. The minimum Gasteiger partial charge on any atom is -0.221 e. The van der Waals surface area contributed by atoms with Crippen LogP contribution < -0.4 is 0 Å². The van der Waals surface area contributed by atoms with Crippen molar-refractivity contribution in [2.75, 3.05) is 0 Å². The van der Waals surface area contributed by atoms with Crippen LogP contribution in [0, 0.1) is 0 Å². The maximum absolute atomic E-state index is 6.62. The van der Waals surface area contributed by atoms with Crippen molar-refractivity contribution in [3.63, 3.8) is 0 Å². The summed E-state index contributed by atoms with van der Waals surface area (Å²) in [7, 11) is 0. The molecule has 0 heterocycles. The molecule has 4 heteroatoms. The Morgan fingerprint density at radius 2 is 1.25 bits per heavy atom. The molecule has 0 saturated carbocycles. The molecule has 3 radical (unpaired) electrons. The Morgan fingerprint density at radius 1 is 1.25 bits per heavy atom. The first-order valence-corrected chi connectivity index (χ1v) is 0.365. The van der Waals surface area contributed by atoms with Gasteiger partial charge in [0.15, 0.2) is 0 Å². The molecular weight excluding hydrogens is 118 g/mol. The number of hydrogen-bond acceptors (Lipinski definition) is 3. The molecule has 0 aliphatic rings. The molecule has 0 aromatic rings. The van der Waals surface area contributed by atoms with Crippen molar-refractivity contribution in [3.8, 4) is 0 Å². The number of rotatable bonds is 0. The summed E-state index contributed by atoms with van der Waals surface area (Å²) in [4.78, 5) is 0. The van der Waals surface area contributed by atoms with Crippen molar-refractivity contribution in [2.45, 2.75) is 0 Å². The molecule has 23 valence electrons. The fraction of sp³-hybridized carbons (Fsp3) is 0. The SMILES string of the molecule is OOO.[Ga]. The number of hydrogen-bond donors (Lipinski definition) is 2. The van der Waals surface area contributed by atoms with Gasteiger partial charge in [-0.25, -0.2) is 10.5 Å². The average molecular weight is 120 g/mol. The maximum Gasteiger partial charge on any atom is 0 e.